The molecular weight excluding hydrogens is 437 g/mol. The van der Waals surface area contributed by atoms with E-state index in [1.807, 2.05) is 0 Å². The van der Waals surface area contributed by atoms with Crippen molar-refractivity contribution in [2.24, 2.45) is 0 Å². The van der Waals surface area contributed by atoms with Crippen LogP contribution >= 0.6 is 23.4 Å². The van der Waals surface area contributed by atoms with Gasteiger partial charge in [-0.25, -0.2) is 8.42 Å². The predicted molar refractivity (Wildman–Crippen MR) is 105 cm³/mol. The van der Waals surface area contributed by atoms with Crippen LogP contribution in [0.2, 0.25) is 5.02 Å². The van der Waals surface area contributed by atoms with Gasteiger partial charge < -0.3 is 5.32 Å². The van der Waals surface area contributed by atoms with Crippen LogP contribution in [0.5, 0.6) is 0 Å². The molecule has 0 aliphatic carbocycles. The number of nitrogens with one attached hydrogen (secondary N) is 1. The van der Waals surface area contributed by atoms with E-state index in [9.17, 15) is 26.4 Å². The average Bonchev–Trinajstić information content (AvgIpc) is 2.59. The van der Waals surface area contributed by atoms with E-state index in [0.717, 1.165) is 23.3 Å². The Kier molecular flexibility index (Phi) is 6.89. The molecule has 0 saturated heterocycles. The molecule has 0 heterocycles. The Hall–Kier alpha value is -1.91. The molecular formula is C17H16ClF3N2O3S2. The number of anilines is 2. The number of nitrogens with zero attached hydrogens (tertiary/aromatic N) is 1. The molecule has 0 unspecified atom stereocenters. The Balaban J connectivity index is 2.35. The summed E-state index contributed by atoms with van der Waals surface area (Å²) in [5.74, 6) is -0.699. The molecule has 0 spiro atoms. The lowest BCUT2D eigenvalue weighted by molar-refractivity contribution is -0.137. The number of sulfonamides is 1. The van der Waals surface area contributed by atoms with Gasteiger partial charge in [0.15, 0.2) is 0 Å². The summed E-state index contributed by atoms with van der Waals surface area (Å²) >= 11 is 6.95. The van der Waals surface area contributed by atoms with Crippen LogP contribution in [0, 0.1) is 0 Å². The summed E-state index contributed by atoms with van der Waals surface area (Å²) in [6, 6.07) is 9.53. The molecule has 0 bridgehead atoms. The minimum Gasteiger partial charge on any atom is -0.323 e. The molecule has 0 radical (unpaired) electrons. The number of benzene rings is 2. The Bertz CT molecular complexity index is 982. The van der Waals surface area contributed by atoms with Crippen LogP contribution in [0.1, 0.15) is 5.56 Å². The summed E-state index contributed by atoms with van der Waals surface area (Å²) in [7, 11) is -4.04. The van der Waals surface area contributed by atoms with E-state index in [1.165, 1.54) is 11.8 Å². The SMILES string of the molecule is CSc1ccccc1NC(=O)CN(c1ccc(Cl)c(C(F)(F)F)c1)S(C)(=O)=O. The summed E-state index contributed by atoms with van der Waals surface area (Å²) in [5, 5.41) is 2.01. The molecule has 1 amide bonds. The highest BCUT2D eigenvalue weighted by Crippen LogP contribution is 2.37. The smallest absolute Gasteiger partial charge is 0.323 e. The number of carbonyl (C=O) groups excluding carboxylic acids is 1. The van der Waals surface area contributed by atoms with Gasteiger partial charge in [0.25, 0.3) is 0 Å². The molecule has 0 aliphatic rings. The Morgan fingerprint density at radius 3 is 2.43 bits per heavy atom. The lowest BCUT2D eigenvalue weighted by Crippen LogP contribution is -2.37. The lowest BCUT2D eigenvalue weighted by Gasteiger charge is -2.23. The highest BCUT2D eigenvalue weighted by Gasteiger charge is 2.34. The number of thioether (sulfide) groups is 1. The van der Waals surface area contributed by atoms with Gasteiger partial charge in [-0.05, 0) is 36.6 Å². The molecule has 0 saturated carbocycles. The minimum atomic E-state index is -4.77. The molecule has 0 aromatic heterocycles. The van der Waals surface area contributed by atoms with Gasteiger partial charge in [0.2, 0.25) is 15.9 Å². The number of rotatable bonds is 6. The van der Waals surface area contributed by atoms with E-state index >= 15 is 0 Å². The van der Waals surface area contributed by atoms with E-state index in [4.69, 9.17) is 11.6 Å². The Labute approximate surface area is 169 Å². The van der Waals surface area contributed by atoms with Crippen molar-refractivity contribution in [3.8, 4) is 0 Å². The molecule has 2 aromatic carbocycles. The Morgan fingerprint density at radius 2 is 1.86 bits per heavy atom. The van der Waals surface area contributed by atoms with Crippen LogP contribution in [0.4, 0.5) is 24.5 Å². The third-order valence-electron chi connectivity index (χ3n) is 3.61. The zero-order valence-electron chi connectivity index (χ0n) is 14.7. The fourth-order valence-electron chi connectivity index (χ4n) is 2.35. The Morgan fingerprint density at radius 1 is 1.21 bits per heavy atom. The molecule has 11 heteroatoms. The molecule has 5 nitrogen and oxygen atoms in total. The normalized spacial score (nSPS) is 11.9. The summed E-state index contributed by atoms with van der Waals surface area (Å²) < 4.78 is 64.1. The highest BCUT2D eigenvalue weighted by atomic mass is 35.5. The first-order valence-corrected chi connectivity index (χ1v) is 11.2. The van der Waals surface area contributed by atoms with Gasteiger partial charge in [0.1, 0.15) is 6.54 Å². The summed E-state index contributed by atoms with van der Waals surface area (Å²) in [5.41, 5.74) is -1.03. The second-order valence-electron chi connectivity index (χ2n) is 5.68. The number of para-hydroxylation sites is 1. The van der Waals surface area contributed by atoms with E-state index in [-0.39, 0.29) is 5.69 Å². The first kappa shape index (κ1) is 22.4. The van der Waals surface area contributed by atoms with Gasteiger partial charge in [-0.2, -0.15) is 13.2 Å². The zero-order valence-corrected chi connectivity index (χ0v) is 17.1. The number of amides is 1. The van der Waals surface area contributed by atoms with Crippen LogP contribution in [-0.4, -0.2) is 33.4 Å². The monoisotopic (exact) mass is 452 g/mol. The zero-order chi connectivity index (χ0) is 21.1. The number of hydrogen-bond donors (Lipinski definition) is 1. The van der Waals surface area contributed by atoms with Crippen LogP contribution in [-0.2, 0) is 21.0 Å². The molecule has 2 aromatic rings. The number of halogens is 4. The summed E-state index contributed by atoms with van der Waals surface area (Å²) in [6.07, 6.45) is -2.16. The molecule has 152 valence electrons. The van der Waals surface area contributed by atoms with Crippen molar-refractivity contribution in [3.63, 3.8) is 0 Å². The maximum atomic E-state index is 13.1. The molecule has 0 fully saturated rings. The third kappa shape index (κ3) is 5.55. The second-order valence-corrected chi connectivity index (χ2v) is 8.84. The van der Waals surface area contributed by atoms with Crippen LogP contribution < -0.4 is 9.62 Å². The molecule has 0 atom stereocenters. The van der Waals surface area contributed by atoms with Crippen molar-refractivity contribution in [2.75, 3.05) is 28.7 Å². The average molecular weight is 453 g/mol. The van der Waals surface area contributed by atoms with E-state index < -0.39 is 39.2 Å². The predicted octanol–water partition coefficient (Wildman–Crippen LogP) is 4.49. The molecule has 0 aliphatic heterocycles. The highest BCUT2D eigenvalue weighted by molar-refractivity contribution is 7.98. The maximum absolute atomic E-state index is 13.1. The van der Waals surface area contributed by atoms with E-state index in [1.54, 1.807) is 30.5 Å². The standard InChI is InChI=1S/C17H16ClF3N2O3S2/c1-27-15-6-4-3-5-14(15)22-16(24)10-23(28(2,25)26)11-7-8-13(18)12(9-11)17(19,20)21/h3-9H,10H2,1-2H3,(H,22,24). The first-order chi connectivity index (χ1) is 12.9. The van der Waals surface area contributed by atoms with Gasteiger partial charge >= 0.3 is 6.18 Å². The van der Waals surface area contributed by atoms with Crippen molar-refractivity contribution in [1.29, 1.82) is 0 Å². The topological polar surface area (TPSA) is 66.5 Å². The van der Waals surface area contributed by atoms with Crippen molar-refractivity contribution in [3.05, 3.63) is 53.1 Å². The summed E-state index contributed by atoms with van der Waals surface area (Å²) in [4.78, 5) is 13.1. The number of hydrogen-bond acceptors (Lipinski definition) is 4. The number of carbonyl (C=O) groups is 1. The number of alkyl halides is 3. The van der Waals surface area contributed by atoms with Gasteiger partial charge in [-0.15, -0.1) is 11.8 Å². The first-order valence-electron chi connectivity index (χ1n) is 7.71. The quantitative estimate of drug-likeness (QED) is 0.656. The lowest BCUT2D eigenvalue weighted by atomic mass is 10.2. The third-order valence-corrected chi connectivity index (χ3v) is 5.88. The van der Waals surface area contributed by atoms with Crippen LogP contribution in [0.15, 0.2) is 47.4 Å². The second kappa shape index (κ2) is 8.62. The fourth-order valence-corrected chi connectivity index (χ4v) is 3.98. The van der Waals surface area contributed by atoms with Crippen molar-refractivity contribution < 1.29 is 26.4 Å². The van der Waals surface area contributed by atoms with Crippen LogP contribution in [0.25, 0.3) is 0 Å². The van der Waals surface area contributed by atoms with Gasteiger partial charge in [-0.1, -0.05) is 23.7 Å². The van der Waals surface area contributed by atoms with Gasteiger partial charge in [-0.3, -0.25) is 9.10 Å². The summed E-state index contributed by atoms with van der Waals surface area (Å²) in [6.45, 7) is -0.694. The van der Waals surface area contributed by atoms with Gasteiger partial charge in [0.05, 0.1) is 28.2 Å². The maximum Gasteiger partial charge on any atom is 0.417 e. The van der Waals surface area contributed by atoms with Gasteiger partial charge in [0, 0.05) is 4.90 Å². The molecule has 1 N–H and O–H groups in total. The van der Waals surface area contributed by atoms with Crippen molar-refractivity contribution in [2.45, 2.75) is 11.1 Å². The van der Waals surface area contributed by atoms with E-state index in [0.29, 0.717) is 16.1 Å². The molecule has 28 heavy (non-hydrogen) atoms. The van der Waals surface area contributed by atoms with Crippen molar-refractivity contribution in [1.82, 2.24) is 0 Å². The molecule has 2 rings (SSSR count). The minimum absolute atomic E-state index is 0.312. The largest absolute Gasteiger partial charge is 0.417 e. The van der Waals surface area contributed by atoms with Crippen molar-refractivity contribution >= 4 is 50.7 Å². The fraction of sp³-hybridized carbons (Fsp3) is 0.235. The van der Waals surface area contributed by atoms with E-state index in [2.05, 4.69) is 5.32 Å². The van der Waals surface area contributed by atoms with Crippen LogP contribution in [0.3, 0.4) is 0 Å².